The van der Waals surface area contributed by atoms with Gasteiger partial charge in [-0.2, -0.15) is 8.42 Å². The lowest BCUT2D eigenvalue weighted by atomic mass is 10.1. The number of hydrogen-bond acceptors (Lipinski definition) is 6. The van der Waals surface area contributed by atoms with Crippen LogP contribution in [0.25, 0.3) is 0 Å². The van der Waals surface area contributed by atoms with E-state index in [0.717, 1.165) is 6.26 Å². The second kappa shape index (κ2) is 6.06. The SMILES string of the molecule is CC(C)(C)OC(=O)N[C@H]1COCC[C@H]1OS(C)(=O)=O. The van der Waals surface area contributed by atoms with E-state index >= 15 is 0 Å². The third-order valence-electron chi connectivity index (χ3n) is 2.29. The average molecular weight is 295 g/mol. The minimum Gasteiger partial charge on any atom is -0.444 e. The number of rotatable bonds is 3. The zero-order valence-electron chi connectivity index (χ0n) is 11.6. The minimum absolute atomic E-state index is 0.194. The molecular weight excluding hydrogens is 274 g/mol. The van der Waals surface area contributed by atoms with Gasteiger partial charge >= 0.3 is 6.09 Å². The molecule has 0 aromatic rings. The Morgan fingerprint density at radius 3 is 2.53 bits per heavy atom. The number of ether oxygens (including phenoxy) is 2. The molecule has 0 saturated carbocycles. The van der Waals surface area contributed by atoms with Gasteiger partial charge in [0.25, 0.3) is 10.1 Å². The third-order valence-corrected chi connectivity index (χ3v) is 2.89. The Labute approximate surface area is 113 Å². The van der Waals surface area contributed by atoms with Crippen LogP contribution < -0.4 is 5.32 Å². The molecule has 1 N–H and O–H groups in total. The minimum atomic E-state index is -3.58. The Hall–Kier alpha value is -0.860. The third kappa shape index (κ3) is 6.74. The zero-order chi connectivity index (χ0) is 14.7. The van der Waals surface area contributed by atoms with Gasteiger partial charge in [-0.05, 0) is 20.8 Å². The molecule has 19 heavy (non-hydrogen) atoms. The molecule has 1 aliphatic heterocycles. The van der Waals surface area contributed by atoms with Crippen molar-refractivity contribution < 1.29 is 26.9 Å². The van der Waals surface area contributed by atoms with Crippen molar-refractivity contribution in [2.75, 3.05) is 19.5 Å². The Morgan fingerprint density at radius 2 is 2.00 bits per heavy atom. The van der Waals surface area contributed by atoms with Gasteiger partial charge in [-0.1, -0.05) is 0 Å². The number of alkyl carbamates (subject to hydrolysis) is 1. The van der Waals surface area contributed by atoms with Crippen LogP contribution in [-0.2, 0) is 23.8 Å². The van der Waals surface area contributed by atoms with Crippen molar-refractivity contribution in [3.8, 4) is 0 Å². The van der Waals surface area contributed by atoms with Gasteiger partial charge in [0.1, 0.15) is 11.7 Å². The van der Waals surface area contributed by atoms with Crippen LogP contribution in [0.1, 0.15) is 27.2 Å². The molecule has 0 aromatic carbocycles. The normalized spacial score (nSPS) is 24.8. The second-order valence-corrected chi connectivity index (χ2v) is 7.06. The van der Waals surface area contributed by atoms with Gasteiger partial charge in [-0.3, -0.25) is 4.18 Å². The van der Waals surface area contributed by atoms with E-state index in [2.05, 4.69) is 5.32 Å². The smallest absolute Gasteiger partial charge is 0.408 e. The summed E-state index contributed by atoms with van der Waals surface area (Å²) in [7, 11) is -3.58. The topological polar surface area (TPSA) is 90.9 Å². The zero-order valence-corrected chi connectivity index (χ0v) is 12.5. The molecule has 1 saturated heterocycles. The molecular formula is C11H21NO6S. The van der Waals surface area contributed by atoms with Crippen LogP contribution >= 0.6 is 0 Å². The highest BCUT2D eigenvalue weighted by molar-refractivity contribution is 7.86. The lowest BCUT2D eigenvalue weighted by Gasteiger charge is -2.31. The van der Waals surface area contributed by atoms with Crippen molar-refractivity contribution in [3.05, 3.63) is 0 Å². The van der Waals surface area contributed by atoms with E-state index in [4.69, 9.17) is 13.7 Å². The number of carbonyl (C=O) groups excluding carboxylic acids is 1. The van der Waals surface area contributed by atoms with Crippen LogP contribution in [0.4, 0.5) is 4.79 Å². The monoisotopic (exact) mass is 295 g/mol. The first-order valence-electron chi connectivity index (χ1n) is 6.02. The van der Waals surface area contributed by atoms with E-state index in [1.165, 1.54) is 0 Å². The summed E-state index contributed by atoms with van der Waals surface area (Å²) >= 11 is 0. The van der Waals surface area contributed by atoms with E-state index in [9.17, 15) is 13.2 Å². The molecule has 0 radical (unpaired) electrons. The van der Waals surface area contributed by atoms with Gasteiger partial charge in [0.15, 0.2) is 0 Å². The molecule has 0 aliphatic carbocycles. The van der Waals surface area contributed by atoms with E-state index in [1.807, 2.05) is 0 Å². The van der Waals surface area contributed by atoms with Crippen LogP contribution in [0, 0.1) is 0 Å². The maximum atomic E-state index is 11.6. The molecule has 1 heterocycles. The molecule has 1 aliphatic rings. The highest BCUT2D eigenvalue weighted by Crippen LogP contribution is 2.15. The lowest BCUT2D eigenvalue weighted by Crippen LogP contribution is -2.52. The Kier molecular flexibility index (Phi) is 5.17. The quantitative estimate of drug-likeness (QED) is 0.769. The Bertz CT molecular complexity index is 413. The molecule has 0 aromatic heterocycles. The van der Waals surface area contributed by atoms with Gasteiger partial charge in [0.05, 0.1) is 18.9 Å². The summed E-state index contributed by atoms with van der Waals surface area (Å²) in [5, 5.41) is 2.57. The molecule has 0 unspecified atom stereocenters. The van der Waals surface area contributed by atoms with Crippen LogP contribution in [0.2, 0.25) is 0 Å². The fourth-order valence-electron chi connectivity index (χ4n) is 1.65. The largest absolute Gasteiger partial charge is 0.444 e. The predicted molar refractivity (Wildman–Crippen MR) is 68.3 cm³/mol. The van der Waals surface area contributed by atoms with Gasteiger partial charge in [-0.15, -0.1) is 0 Å². The Balaban J connectivity index is 2.60. The first kappa shape index (κ1) is 16.2. The van der Waals surface area contributed by atoms with E-state index < -0.39 is 34.0 Å². The standard InChI is InChI=1S/C11H21NO6S/c1-11(2,3)17-10(13)12-8-7-16-6-5-9(8)18-19(4,14)15/h8-9H,5-7H2,1-4H3,(H,12,13)/t8-,9+/m0/s1. The molecule has 2 atom stereocenters. The molecule has 0 spiro atoms. The molecule has 0 bridgehead atoms. The van der Waals surface area contributed by atoms with Gasteiger partial charge in [0, 0.05) is 13.0 Å². The van der Waals surface area contributed by atoms with Crippen molar-refractivity contribution in [1.82, 2.24) is 5.32 Å². The van der Waals surface area contributed by atoms with Gasteiger partial charge in [0.2, 0.25) is 0 Å². The summed E-state index contributed by atoms with van der Waals surface area (Å²) in [5.41, 5.74) is -0.618. The molecule has 1 fully saturated rings. The molecule has 8 heteroatoms. The van der Waals surface area contributed by atoms with Crippen molar-refractivity contribution in [3.63, 3.8) is 0 Å². The average Bonchev–Trinajstić information content (AvgIpc) is 2.15. The van der Waals surface area contributed by atoms with Crippen molar-refractivity contribution in [2.45, 2.75) is 44.9 Å². The number of nitrogens with one attached hydrogen (secondary N) is 1. The number of amides is 1. The summed E-state index contributed by atoms with van der Waals surface area (Å²) in [4.78, 5) is 11.6. The van der Waals surface area contributed by atoms with Crippen molar-refractivity contribution >= 4 is 16.2 Å². The van der Waals surface area contributed by atoms with Crippen molar-refractivity contribution in [2.24, 2.45) is 0 Å². The fourth-order valence-corrected chi connectivity index (χ4v) is 2.33. The fraction of sp³-hybridized carbons (Fsp3) is 0.909. The van der Waals surface area contributed by atoms with Crippen LogP contribution in [-0.4, -0.2) is 51.7 Å². The maximum Gasteiger partial charge on any atom is 0.408 e. The van der Waals surface area contributed by atoms with Crippen molar-refractivity contribution in [1.29, 1.82) is 0 Å². The maximum absolute atomic E-state index is 11.6. The van der Waals surface area contributed by atoms with Crippen LogP contribution in [0.3, 0.4) is 0 Å². The Morgan fingerprint density at radius 1 is 1.37 bits per heavy atom. The first-order valence-corrected chi connectivity index (χ1v) is 7.84. The second-order valence-electron chi connectivity index (χ2n) is 5.46. The highest BCUT2D eigenvalue weighted by atomic mass is 32.2. The van der Waals surface area contributed by atoms with E-state index in [-0.39, 0.29) is 6.61 Å². The predicted octanol–water partition coefficient (Wildman–Crippen LogP) is 0.645. The summed E-state index contributed by atoms with van der Waals surface area (Å²) in [6, 6.07) is -0.543. The molecule has 1 rings (SSSR count). The summed E-state index contributed by atoms with van der Waals surface area (Å²) in [5.74, 6) is 0. The van der Waals surface area contributed by atoms with Gasteiger partial charge < -0.3 is 14.8 Å². The van der Waals surface area contributed by atoms with Crippen LogP contribution in [0.5, 0.6) is 0 Å². The number of hydrogen-bond donors (Lipinski definition) is 1. The summed E-state index contributed by atoms with van der Waals surface area (Å²) in [6.07, 6.45) is 0.127. The molecule has 7 nitrogen and oxygen atoms in total. The molecule has 112 valence electrons. The highest BCUT2D eigenvalue weighted by Gasteiger charge is 2.32. The molecule has 1 amide bonds. The lowest BCUT2D eigenvalue weighted by molar-refractivity contribution is -0.00894. The van der Waals surface area contributed by atoms with Gasteiger partial charge in [-0.25, -0.2) is 4.79 Å². The summed E-state index contributed by atoms with van der Waals surface area (Å²) < 4.78 is 37.6. The summed E-state index contributed by atoms with van der Waals surface area (Å²) in [6.45, 7) is 5.82. The van der Waals surface area contributed by atoms with E-state index in [0.29, 0.717) is 13.0 Å². The first-order chi connectivity index (χ1) is 8.57. The van der Waals surface area contributed by atoms with E-state index in [1.54, 1.807) is 20.8 Å². The number of carbonyl (C=O) groups is 1. The van der Waals surface area contributed by atoms with Crippen LogP contribution in [0.15, 0.2) is 0 Å².